The van der Waals surface area contributed by atoms with Crippen molar-refractivity contribution in [1.82, 2.24) is 4.98 Å². The third-order valence-corrected chi connectivity index (χ3v) is 7.75. The van der Waals surface area contributed by atoms with Gasteiger partial charge in [0.1, 0.15) is 0 Å². The second-order valence-electron chi connectivity index (χ2n) is 9.36. The van der Waals surface area contributed by atoms with E-state index in [4.69, 9.17) is 9.31 Å². The molecular formula is C25H28BNO2S. The zero-order valence-corrected chi connectivity index (χ0v) is 18.9. The van der Waals surface area contributed by atoms with Crippen molar-refractivity contribution in [2.24, 2.45) is 0 Å². The predicted octanol–water partition coefficient (Wildman–Crippen LogP) is 7.00. The van der Waals surface area contributed by atoms with E-state index >= 15 is 0 Å². The summed E-state index contributed by atoms with van der Waals surface area (Å²) >= 11 is 1.79. The summed E-state index contributed by atoms with van der Waals surface area (Å²) in [4.78, 5) is 3.36. The Morgan fingerprint density at radius 3 is 2.43 bits per heavy atom. The first kappa shape index (κ1) is 19.9. The van der Waals surface area contributed by atoms with Crippen LogP contribution in [-0.4, -0.2) is 23.3 Å². The number of fused-ring (bicyclic) bond motifs is 2. The van der Waals surface area contributed by atoms with Gasteiger partial charge in [-0.15, -0.1) is 11.3 Å². The molecule has 2 aromatic carbocycles. The molecule has 5 heteroatoms. The number of hydrogen-bond donors (Lipinski definition) is 1. The summed E-state index contributed by atoms with van der Waals surface area (Å²) in [6.07, 6.45) is 3.84. The lowest BCUT2D eigenvalue weighted by atomic mass is 9.76. The SMILES string of the molecule is CC1(C)OB(CCC(c2ccc3sccc3c2)c2ccc3cc[nH]c3c2)OC1(C)C. The Labute approximate surface area is 182 Å². The fourth-order valence-corrected chi connectivity index (χ4v) is 5.17. The molecule has 0 bridgehead atoms. The molecule has 154 valence electrons. The Balaban J connectivity index is 1.46. The van der Waals surface area contributed by atoms with E-state index in [2.05, 4.69) is 86.6 Å². The van der Waals surface area contributed by atoms with Gasteiger partial charge < -0.3 is 14.3 Å². The molecule has 0 aliphatic carbocycles. The highest BCUT2D eigenvalue weighted by atomic mass is 32.1. The summed E-state index contributed by atoms with van der Waals surface area (Å²) in [7, 11) is -0.170. The van der Waals surface area contributed by atoms with Crippen LogP contribution in [0.2, 0.25) is 6.32 Å². The molecule has 1 atom stereocenters. The number of hydrogen-bond acceptors (Lipinski definition) is 3. The largest absolute Gasteiger partial charge is 0.457 e. The van der Waals surface area contributed by atoms with Crippen LogP contribution in [0.5, 0.6) is 0 Å². The maximum absolute atomic E-state index is 6.28. The zero-order chi connectivity index (χ0) is 20.9. The minimum absolute atomic E-state index is 0.170. The standard InChI is InChI=1S/C25H28BNO2S/c1-24(2)25(3,4)29-26(28-24)12-9-21(18-7-8-23-20(15-18)11-14-30-23)19-6-5-17-10-13-27-22(17)16-19/h5-8,10-11,13-16,21,27H,9,12H2,1-4H3. The average molecular weight is 417 g/mol. The first-order chi connectivity index (χ1) is 14.3. The molecule has 4 aromatic rings. The van der Waals surface area contributed by atoms with Crippen LogP contribution in [0.3, 0.4) is 0 Å². The minimum atomic E-state index is -0.286. The highest BCUT2D eigenvalue weighted by Gasteiger charge is 2.50. The van der Waals surface area contributed by atoms with Gasteiger partial charge in [0.15, 0.2) is 0 Å². The molecule has 0 radical (unpaired) electrons. The van der Waals surface area contributed by atoms with E-state index in [-0.39, 0.29) is 18.3 Å². The van der Waals surface area contributed by atoms with Crippen molar-refractivity contribution in [2.75, 3.05) is 0 Å². The van der Waals surface area contributed by atoms with Crippen LogP contribution in [0, 0.1) is 0 Å². The van der Waals surface area contributed by atoms with Crippen molar-refractivity contribution in [3.05, 3.63) is 71.2 Å². The van der Waals surface area contributed by atoms with E-state index < -0.39 is 0 Å². The summed E-state index contributed by atoms with van der Waals surface area (Å²) in [5.41, 5.74) is 3.29. The van der Waals surface area contributed by atoms with Gasteiger partial charge in [-0.05, 0) is 98.0 Å². The summed E-state index contributed by atoms with van der Waals surface area (Å²) < 4.78 is 13.9. The zero-order valence-electron chi connectivity index (χ0n) is 18.1. The third-order valence-electron chi connectivity index (χ3n) is 6.85. The molecule has 1 N–H and O–H groups in total. The lowest BCUT2D eigenvalue weighted by Crippen LogP contribution is -2.41. The molecule has 3 heterocycles. The molecule has 1 aliphatic heterocycles. The summed E-state index contributed by atoms with van der Waals surface area (Å²) in [6.45, 7) is 8.48. The second-order valence-corrected chi connectivity index (χ2v) is 10.3. The van der Waals surface area contributed by atoms with Gasteiger partial charge in [0.05, 0.1) is 11.2 Å². The molecule has 2 aromatic heterocycles. The van der Waals surface area contributed by atoms with Gasteiger partial charge in [-0.3, -0.25) is 0 Å². The fourth-order valence-electron chi connectivity index (χ4n) is 4.40. The number of aromatic amines is 1. The molecule has 30 heavy (non-hydrogen) atoms. The van der Waals surface area contributed by atoms with Crippen molar-refractivity contribution >= 4 is 39.4 Å². The van der Waals surface area contributed by atoms with Gasteiger partial charge in [0, 0.05) is 22.3 Å². The molecule has 1 unspecified atom stereocenters. The molecule has 0 spiro atoms. The van der Waals surface area contributed by atoms with Crippen LogP contribution in [0.15, 0.2) is 60.1 Å². The lowest BCUT2D eigenvalue weighted by molar-refractivity contribution is 0.00578. The monoisotopic (exact) mass is 417 g/mol. The summed E-state index contributed by atoms with van der Waals surface area (Å²) in [5, 5.41) is 4.73. The Hall–Kier alpha value is -2.08. The quantitative estimate of drug-likeness (QED) is 0.355. The van der Waals surface area contributed by atoms with Crippen molar-refractivity contribution in [2.45, 2.75) is 57.6 Å². The van der Waals surface area contributed by atoms with Crippen LogP contribution in [0.25, 0.3) is 21.0 Å². The van der Waals surface area contributed by atoms with Gasteiger partial charge in [0.2, 0.25) is 0 Å². The number of aromatic nitrogens is 1. The maximum Gasteiger partial charge on any atom is 0.457 e. The van der Waals surface area contributed by atoms with E-state index in [1.165, 1.54) is 32.1 Å². The molecule has 0 amide bonds. The maximum atomic E-state index is 6.28. The molecule has 3 nitrogen and oxygen atoms in total. The Kier molecular flexibility index (Phi) is 4.81. The van der Waals surface area contributed by atoms with Crippen molar-refractivity contribution in [1.29, 1.82) is 0 Å². The van der Waals surface area contributed by atoms with Gasteiger partial charge in [-0.2, -0.15) is 0 Å². The van der Waals surface area contributed by atoms with Crippen LogP contribution in [0.4, 0.5) is 0 Å². The lowest BCUT2D eigenvalue weighted by Gasteiger charge is -2.32. The third kappa shape index (κ3) is 3.49. The van der Waals surface area contributed by atoms with Gasteiger partial charge in [-0.25, -0.2) is 0 Å². The van der Waals surface area contributed by atoms with Gasteiger partial charge in [-0.1, -0.05) is 18.2 Å². The van der Waals surface area contributed by atoms with Crippen LogP contribution < -0.4 is 0 Å². The molecular weight excluding hydrogens is 389 g/mol. The summed E-state index contributed by atoms with van der Waals surface area (Å²) in [5.74, 6) is 0.293. The summed E-state index contributed by atoms with van der Waals surface area (Å²) in [6, 6.07) is 18.0. The van der Waals surface area contributed by atoms with Crippen LogP contribution in [-0.2, 0) is 9.31 Å². The van der Waals surface area contributed by atoms with Crippen molar-refractivity contribution < 1.29 is 9.31 Å². The highest BCUT2D eigenvalue weighted by Crippen LogP contribution is 2.40. The van der Waals surface area contributed by atoms with Gasteiger partial charge >= 0.3 is 7.12 Å². The molecule has 0 saturated carbocycles. The molecule has 5 rings (SSSR count). The van der Waals surface area contributed by atoms with Crippen molar-refractivity contribution in [3.8, 4) is 0 Å². The number of H-pyrrole nitrogens is 1. The Morgan fingerprint density at radius 2 is 1.63 bits per heavy atom. The van der Waals surface area contributed by atoms with E-state index in [0.29, 0.717) is 5.92 Å². The van der Waals surface area contributed by atoms with Crippen molar-refractivity contribution in [3.63, 3.8) is 0 Å². The smallest absolute Gasteiger partial charge is 0.403 e. The van der Waals surface area contributed by atoms with E-state index in [9.17, 15) is 0 Å². The fraction of sp³-hybridized carbons (Fsp3) is 0.360. The first-order valence-electron chi connectivity index (χ1n) is 10.7. The molecule has 1 aliphatic rings. The first-order valence-corrected chi connectivity index (χ1v) is 11.6. The molecule has 1 fully saturated rings. The Morgan fingerprint density at radius 1 is 0.900 bits per heavy atom. The normalized spacial score (nSPS) is 19.0. The topological polar surface area (TPSA) is 34.2 Å². The van der Waals surface area contributed by atoms with Crippen LogP contribution in [0.1, 0.15) is 51.2 Å². The highest BCUT2D eigenvalue weighted by molar-refractivity contribution is 7.17. The minimum Gasteiger partial charge on any atom is -0.403 e. The number of rotatable bonds is 5. The predicted molar refractivity (Wildman–Crippen MR) is 127 cm³/mol. The van der Waals surface area contributed by atoms with Gasteiger partial charge in [0.25, 0.3) is 0 Å². The van der Waals surface area contributed by atoms with E-state index in [0.717, 1.165) is 12.7 Å². The Bertz CT molecular complexity index is 1100. The second kappa shape index (κ2) is 7.26. The number of thiophene rings is 1. The number of nitrogens with one attached hydrogen (secondary N) is 1. The van der Waals surface area contributed by atoms with Crippen LogP contribution >= 0.6 is 11.3 Å². The van der Waals surface area contributed by atoms with E-state index in [1.807, 2.05) is 6.20 Å². The molecule has 1 saturated heterocycles. The number of benzene rings is 2. The van der Waals surface area contributed by atoms with E-state index in [1.54, 1.807) is 11.3 Å². The average Bonchev–Trinajstić information content (AvgIpc) is 3.39.